The van der Waals surface area contributed by atoms with Crippen molar-refractivity contribution in [1.82, 2.24) is 9.97 Å². The second-order valence-corrected chi connectivity index (χ2v) is 5.56. The van der Waals surface area contributed by atoms with Crippen molar-refractivity contribution >= 4 is 5.95 Å². The van der Waals surface area contributed by atoms with Crippen LogP contribution in [0.4, 0.5) is 5.95 Å². The molecule has 4 nitrogen and oxygen atoms in total. The Balaban J connectivity index is 1.98. The summed E-state index contributed by atoms with van der Waals surface area (Å²) in [6.07, 6.45) is 8.98. The zero-order valence-corrected chi connectivity index (χ0v) is 12.2. The minimum atomic E-state index is 0.352. The number of aryl methyl sites for hydroxylation is 2. The Morgan fingerprint density at radius 2 is 2.05 bits per heavy atom. The predicted octanol–water partition coefficient (Wildman–Crippen LogP) is 2.45. The highest BCUT2D eigenvalue weighted by Crippen LogP contribution is 2.17. The van der Waals surface area contributed by atoms with Crippen molar-refractivity contribution in [2.75, 3.05) is 18.0 Å². The fraction of sp³-hybridized carbons (Fsp3) is 0.733. The number of piperidine rings is 1. The van der Waals surface area contributed by atoms with E-state index in [9.17, 15) is 0 Å². The molecule has 0 aromatic carbocycles. The maximum atomic E-state index is 5.93. The molecule has 1 fully saturated rings. The van der Waals surface area contributed by atoms with Gasteiger partial charge in [-0.05, 0) is 38.2 Å². The highest BCUT2D eigenvalue weighted by molar-refractivity contribution is 5.33. The monoisotopic (exact) mass is 262 g/mol. The van der Waals surface area contributed by atoms with E-state index in [1.54, 1.807) is 0 Å². The third-order valence-corrected chi connectivity index (χ3v) is 3.94. The zero-order chi connectivity index (χ0) is 13.7. The molecule has 0 unspecified atom stereocenters. The molecule has 0 amide bonds. The van der Waals surface area contributed by atoms with Crippen LogP contribution in [0.5, 0.6) is 0 Å². The van der Waals surface area contributed by atoms with Gasteiger partial charge < -0.3 is 10.6 Å². The Kier molecular flexibility index (Phi) is 5.14. The Morgan fingerprint density at radius 1 is 1.32 bits per heavy atom. The summed E-state index contributed by atoms with van der Waals surface area (Å²) in [5.74, 6) is 0.878. The number of nitrogens with zero attached hydrogens (tertiary/aromatic N) is 3. The summed E-state index contributed by atoms with van der Waals surface area (Å²) in [5, 5.41) is 0. The van der Waals surface area contributed by atoms with Crippen molar-refractivity contribution in [2.45, 2.75) is 58.4 Å². The summed E-state index contributed by atoms with van der Waals surface area (Å²) in [7, 11) is 0. The molecule has 19 heavy (non-hydrogen) atoms. The summed E-state index contributed by atoms with van der Waals surface area (Å²) >= 11 is 0. The fourth-order valence-corrected chi connectivity index (χ4v) is 2.54. The second kappa shape index (κ2) is 6.85. The van der Waals surface area contributed by atoms with Crippen LogP contribution in [0.2, 0.25) is 0 Å². The van der Waals surface area contributed by atoms with Crippen LogP contribution >= 0.6 is 0 Å². The minimum absolute atomic E-state index is 0.352. The van der Waals surface area contributed by atoms with Crippen LogP contribution in [0.25, 0.3) is 0 Å². The normalized spacial score (nSPS) is 16.9. The second-order valence-electron chi connectivity index (χ2n) is 5.56. The summed E-state index contributed by atoms with van der Waals surface area (Å²) in [4.78, 5) is 11.5. The number of aromatic nitrogens is 2. The van der Waals surface area contributed by atoms with Crippen molar-refractivity contribution in [3.05, 3.63) is 17.5 Å². The Labute approximate surface area is 116 Å². The van der Waals surface area contributed by atoms with E-state index in [1.807, 2.05) is 6.20 Å². The van der Waals surface area contributed by atoms with Crippen molar-refractivity contribution < 1.29 is 0 Å². The van der Waals surface area contributed by atoms with Crippen LogP contribution in [-0.2, 0) is 6.42 Å². The van der Waals surface area contributed by atoms with Crippen LogP contribution in [0.15, 0.2) is 6.20 Å². The standard InChI is InChI=1S/C15H26N4/c1-3-4-5-6-13-11-17-15(18-12(13)2)19-9-7-14(16)8-10-19/h11,14H,3-10,16H2,1-2H3. The first-order valence-corrected chi connectivity index (χ1v) is 7.53. The van der Waals surface area contributed by atoms with Crippen LogP contribution in [0, 0.1) is 6.92 Å². The van der Waals surface area contributed by atoms with E-state index in [2.05, 4.69) is 28.7 Å². The van der Waals surface area contributed by atoms with E-state index in [0.29, 0.717) is 6.04 Å². The van der Waals surface area contributed by atoms with Gasteiger partial charge in [0.15, 0.2) is 0 Å². The first kappa shape index (κ1) is 14.3. The molecule has 1 aliphatic heterocycles. The molecule has 106 valence electrons. The van der Waals surface area contributed by atoms with Gasteiger partial charge in [0.2, 0.25) is 5.95 Å². The number of hydrogen-bond donors (Lipinski definition) is 1. The molecule has 1 aromatic rings. The molecule has 0 aliphatic carbocycles. The van der Waals surface area contributed by atoms with Gasteiger partial charge in [0, 0.05) is 31.0 Å². The van der Waals surface area contributed by atoms with E-state index in [1.165, 1.54) is 24.8 Å². The van der Waals surface area contributed by atoms with Crippen molar-refractivity contribution in [3.8, 4) is 0 Å². The van der Waals surface area contributed by atoms with Gasteiger partial charge in [-0.15, -0.1) is 0 Å². The van der Waals surface area contributed by atoms with Gasteiger partial charge in [0.1, 0.15) is 0 Å². The summed E-state index contributed by atoms with van der Waals surface area (Å²) in [5.41, 5.74) is 8.36. The van der Waals surface area contributed by atoms with Gasteiger partial charge in [-0.25, -0.2) is 9.97 Å². The number of anilines is 1. The summed E-state index contributed by atoms with van der Waals surface area (Å²) < 4.78 is 0. The average Bonchev–Trinajstić information content (AvgIpc) is 2.42. The number of unbranched alkanes of at least 4 members (excludes halogenated alkanes) is 2. The summed E-state index contributed by atoms with van der Waals surface area (Å²) in [6.45, 7) is 6.29. The van der Waals surface area contributed by atoms with E-state index >= 15 is 0 Å². The van der Waals surface area contributed by atoms with E-state index in [4.69, 9.17) is 5.73 Å². The lowest BCUT2D eigenvalue weighted by molar-refractivity contribution is 0.495. The molecule has 2 rings (SSSR count). The topological polar surface area (TPSA) is 55.0 Å². The van der Waals surface area contributed by atoms with Crippen LogP contribution in [0.1, 0.15) is 50.3 Å². The lowest BCUT2D eigenvalue weighted by atomic mass is 10.1. The quantitative estimate of drug-likeness (QED) is 0.828. The molecule has 0 saturated carbocycles. The van der Waals surface area contributed by atoms with Crippen molar-refractivity contribution in [3.63, 3.8) is 0 Å². The molecular formula is C15H26N4. The third-order valence-electron chi connectivity index (χ3n) is 3.94. The van der Waals surface area contributed by atoms with E-state index in [0.717, 1.165) is 44.0 Å². The molecule has 0 bridgehead atoms. The van der Waals surface area contributed by atoms with Crippen LogP contribution in [0.3, 0.4) is 0 Å². The SMILES string of the molecule is CCCCCc1cnc(N2CCC(N)CC2)nc1C. The first-order chi connectivity index (χ1) is 9.20. The number of hydrogen-bond acceptors (Lipinski definition) is 4. The Hall–Kier alpha value is -1.16. The third kappa shape index (κ3) is 3.90. The molecule has 1 aromatic heterocycles. The highest BCUT2D eigenvalue weighted by Gasteiger charge is 2.18. The lowest BCUT2D eigenvalue weighted by Crippen LogP contribution is -2.40. The molecule has 4 heteroatoms. The van der Waals surface area contributed by atoms with Gasteiger partial charge in [-0.1, -0.05) is 19.8 Å². The number of nitrogens with two attached hydrogens (primary N) is 1. The van der Waals surface area contributed by atoms with Gasteiger partial charge in [0.25, 0.3) is 0 Å². The highest BCUT2D eigenvalue weighted by atomic mass is 15.3. The zero-order valence-electron chi connectivity index (χ0n) is 12.2. The van der Waals surface area contributed by atoms with E-state index in [-0.39, 0.29) is 0 Å². The Bertz CT molecular complexity index is 397. The average molecular weight is 262 g/mol. The summed E-state index contributed by atoms with van der Waals surface area (Å²) in [6, 6.07) is 0.352. The largest absolute Gasteiger partial charge is 0.341 e. The van der Waals surface area contributed by atoms with Crippen molar-refractivity contribution in [1.29, 1.82) is 0 Å². The van der Waals surface area contributed by atoms with Crippen molar-refractivity contribution in [2.24, 2.45) is 5.73 Å². The molecular weight excluding hydrogens is 236 g/mol. The molecule has 1 saturated heterocycles. The van der Waals surface area contributed by atoms with Gasteiger partial charge >= 0.3 is 0 Å². The number of rotatable bonds is 5. The van der Waals surface area contributed by atoms with Gasteiger partial charge in [0.05, 0.1) is 0 Å². The molecule has 0 radical (unpaired) electrons. The predicted molar refractivity (Wildman–Crippen MR) is 79.4 cm³/mol. The van der Waals surface area contributed by atoms with Gasteiger partial charge in [-0.3, -0.25) is 0 Å². The molecule has 0 atom stereocenters. The minimum Gasteiger partial charge on any atom is -0.341 e. The Morgan fingerprint density at radius 3 is 2.68 bits per heavy atom. The smallest absolute Gasteiger partial charge is 0.225 e. The van der Waals surface area contributed by atoms with Crippen LogP contribution < -0.4 is 10.6 Å². The fourth-order valence-electron chi connectivity index (χ4n) is 2.54. The van der Waals surface area contributed by atoms with E-state index < -0.39 is 0 Å². The molecule has 2 heterocycles. The van der Waals surface area contributed by atoms with Gasteiger partial charge in [-0.2, -0.15) is 0 Å². The van der Waals surface area contributed by atoms with Crippen LogP contribution in [-0.4, -0.2) is 29.1 Å². The lowest BCUT2D eigenvalue weighted by Gasteiger charge is -2.30. The molecule has 1 aliphatic rings. The molecule has 2 N–H and O–H groups in total. The maximum absolute atomic E-state index is 5.93. The molecule has 0 spiro atoms. The maximum Gasteiger partial charge on any atom is 0.225 e. The first-order valence-electron chi connectivity index (χ1n) is 7.53.